The second kappa shape index (κ2) is 4.87. The van der Waals surface area contributed by atoms with Crippen LogP contribution in [0.3, 0.4) is 0 Å². The topological polar surface area (TPSA) is 61.4 Å². The van der Waals surface area contributed by atoms with Crippen LogP contribution in [0.15, 0.2) is 24.3 Å². The standard InChI is InChI=1S/C13H16FN3O2/c1-13(2)11(18)15-7-8-17(13)12(19)16-10-6-4-3-5-9(10)14/h3-6H,7-8H2,1-2H3,(H,15,18)(H,16,19). The van der Waals surface area contributed by atoms with Gasteiger partial charge in [0.1, 0.15) is 11.4 Å². The van der Waals surface area contributed by atoms with Gasteiger partial charge in [0.2, 0.25) is 5.91 Å². The summed E-state index contributed by atoms with van der Waals surface area (Å²) in [4.78, 5) is 25.3. The SMILES string of the molecule is CC1(C)C(=O)NCCN1C(=O)Nc1ccccc1F. The van der Waals surface area contributed by atoms with Gasteiger partial charge < -0.3 is 15.5 Å². The molecule has 1 aromatic carbocycles. The lowest BCUT2D eigenvalue weighted by molar-refractivity contribution is -0.132. The van der Waals surface area contributed by atoms with Crippen LogP contribution in [0.4, 0.5) is 14.9 Å². The number of para-hydroxylation sites is 1. The number of rotatable bonds is 1. The fraction of sp³-hybridized carbons (Fsp3) is 0.385. The Labute approximate surface area is 110 Å². The molecule has 1 heterocycles. The molecule has 1 saturated heterocycles. The molecule has 19 heavy (non-hydrogen) atoms. The number of benzene rings is 1. The number of amides is 3. The summed E-state index contributed by atoms with van der Waals surface area (Å²) in [7, 11) is 0. The Morgan fingerprint density at radius 3 is 2.79 bits per heavy atom. The van der Waals surface area contributed by atoms with E-state index < -0.39 is 17.4 Å². The summed E-state index contributed by atoms with van der Waals surface area (Å²) in [6, 6.07) is 5.44. The predicted octanol–water partition coefficient (Wildman–Crippen LogP) is 1.57. The molecule has 0 spiro atoms. The van der Waals surface area contributed by atoms with Crippen molar-refractivity contribution in [1.82, 2.24) is 10.2 Å². The fourth-order valence-corrected chi connectivity index (χ4v) is 2.00. The van der Waals surface area contributed by atoms with E-state index in [-0.39, 0.29) is 11.6 Å². The molecule has 0 bridgehead atoms. The highest BCUT2D eigenvalue weighted by molar-refractivity contribution is 5.96. The molecule has 0 aliphatic carbocycles. The molecule has 3 amide bonds. The van der Waals surface area contributed by atoms with E-state index in [1.807, 2.05) is 0 Å². The van der Waals surface area contributed by atoms with E-state index >= 15 is 0 Å². The number of nitrogens with zero attached hydrogens (tertiary/aromatic N) is 1. The molecule has 102 valence electrons. The fourth-order valence-electron chi connectivity index (χ4n) is 2.00. The summed E-state index contributed by atoms with van der Waals surface area (Å²) in [6.45, 7) is 4.09. The number of carbonyl (C=O) groups excluding carboxylic acids is 2. The van der Waals surface area contributed by atoms with E-state index in [9.17, 15) is 14.0 Å². The van der Waals surface area contributed by atoms with Gasteiger partial charge in [-0.15, -0.1) is 0 Å². The second-order valence-corrected chi connectivity index (χ2v) is 4.88. The van der Waals surface area contributed by atoms with Crippen LogP contribution < -0.4 is 10.6 Å². The van der Waals surface area contributed by atoms with Gasteiger partial charge in [0.25, 0.3) is 0 Å². The molecule has 1 fully saturated rings. The van der Waals surface area contributed by atoms with Crippen molar-refractivity contribution in [3.63, 3.8) is 0 Å². The lowest BCUT2D eigenvalue weighted by Crippen LogP contribution is -2.64. The number of hydrogen-bond acceptors (Lipinski definition) is 2. The van der Waals surface area contributed by atoms with Crippen molar-refractivity contribution >= 4 is 17.6 Å². The van der Waals surface area contributed by atoms with Crippen molar-refractivity contribution in [2.24, 2.45) is 0 Å². The number of piperazine rings is 1. The molecule has 1 aliphatic rings. The van der Waals surface area contributed by atoms with E-state index in [1.165, 1.54) is 17.0 Å². The number of hydrogen-bond donors (Lipinski definition) is 2. The molecule has 0 saturated carbocycles. The zero-order valence-electron chi connectivity index (χ0n) is 10.9. The Morgan fingerprint density at radius 2 is 2.11 bits per heavy atom. The molecule has 0 radical (unpaired) electrons. The van der Waals surface area contributed by atoms with Crippen molar-refractivity contribution < 1.29 is 14.0 Å². The van der Waals surface area contributed by atoms with Crippen LogP contribution in [0.1, 0.15) is 13.8 Å². The third-order valence-corrected chi connectivity index (χ3v) is 3.21. The van der Waals surface area contributed by atoms with Gasteiger partial charge in [0, 0.05) is 13.1 Å². The van der Waals surface area contributed by atoms with Gasteiger partial charge >= 0.3 is 6.03 Å². The summed E-state index contributed by atoms with van der Waals surface area (Å²) in [6.07, 6.45) is 0. The minimum absolute atomic E-state index is 0.106. The maximum Gasteiger partial charge on any atom is 0.322 e. The smallest absolute Gasteiger partial charge is 0.322 e. The summed E-state index contributed by atoms with van der Waals surface area (Å²) in [5.41, 5.74) is -0.845. The average molecular weight is 265 g/mol. The maximum atomic E-state index is 13.5. The normalized spacial score (nSPS) is 17.8. The Morgan fingerprint density at radius 1 is 1.42 bits per heavy atom. The first-order valence-electron chi connectivity index (χ1n) is 6.04. The summed E-state index contributed by atoms with van der Waals surface area (Å²) in [5.74, 6) is -0.724. The van der Waals surface area contributed by atoms with Gasteiger partial charge in [-0.3, -0.25) is 4.79 Å². The van der Waals surface area contributed by atoms with Crippen molar-refractivity contribution in [1.29, 1.82) is 0 Å². The molecule has 2 N–H and O–H groups in total. The van der Waals surface area contributed by atoms with Crippen LogP contribution in [0.2, 0.25) is 0 Å². The van der Waals surface area contributed by atoms with Crippen LogP contribution in [-0.4, -0.2) is 35.5 Å². The quantitative estimate of drug-likeness (QED) is 0.809. The van der Waals surface area contributed by atoms with Crippen molar-refractivity contribution in [3.8, 4) is 0 Å². The highest BCUT2D eigenvalue weighted by atomic mass is 19.1. The molecular formula is C13H16FN3O2. The lowest BCUT2D eigenvalue weighted by Gasteiger charge is -2.40. The summed E-state index contributed by atoms with van der Waals surface area (Å²) in [5, 5.41) is 5.19. The van der Waals surface area contributed by atoms with Crippen molar-refractivity contribution in [2.75, 3.05) is 18.4 Å². The maximum absolute atomic E-state index is 13.5. The van der Waals surface area contributed by atoms with Gasteiger partial charge in [-0.05, 0) is 26.0 Å². The molecule has 0 unspecified atom stereocenters. The van der Waals surface area contributed by atoms with E-state index in [0.29, 0.717) is 13.1 Å². The molecule has 0 aromatic heterocycles. The van der Waals surface area contributed by atoms with Gasteiger partial charge in [-0.1, -0.05) is 12.1 Å². The first-order valence-corrected chi connectivity index (χ1v) is 6.04. The molecular weight excluding hydrogens is 249 g/mol. The Kier molecular flexibility index (Phi) is 3.42. The number of nitrogens with one attached hydrogen (secondary N) is 2. The summed E-state index contributed by atoms with van der Waals surface area (Å²) < 4.78 is 13.5. The Balaban J connectivity index is 2.16. The predicted molar refractivity (Wildman–Crippen MR) is 69.2 cm³/mol. The van der Waals surface area contributed by atoms with E-state index in [0.717, 1.165) is 0 Å². The largest absolute Gasteiger partial charge is 0.352 e. The number of carbonyl (C=O) groups is 2. The molecule has 0 atom stereocenters. The lowest BCUT2D eigenvalue weighted by atomic mass is 9.99. The monoisotopic (exact) mass is 265 g/mol. The van der Waals surface area contributed by atoms with Gasteiger partial charge in [-0.25, -0.2) is 9.18 Å². The van der Waals surface area contributed by atoms with Gasteiger partial charge in [0.05, 0.1) is 5.69 Å². The molecule has 1 aromatic rings. The second-order valence-electron chi connectivity index (χ2n) is 4.88. The molecule has 6 heteroatoms. The third kappa shape index (κ3) is 2.52. The van der Waals surface area contributed by atoms with Gasteiger partial charge in [0.15, 0.2) is 0 Å². The highest BCUT2D eigenvalue weighted by Crippen LogP contribution is 2.20. The molecule has 5 nitrogen and oxygen atoms in total. The van der Waals surface area contributed by atoms with Crippen LogP contribution in [0.25, 0.3) is 0 Å². The van der Waals surface area contributed by atoms with Crippen molar-refractivity contribution in [2.45, 2.75) is 19.4 Å². The van der Waals surface area contributed by atoms with E-state index in [4.69, 9.17) is 0 Å². The minimum atomic E-state index is -0.951. The van der Waals surface area contributed by atoms with Crippen LogP contribution >= 0.6 is 0 Å². The van der Waals surface area contributed by atoms with E-state index in [1.54, 1.807) is 26.0 Å². The highest BCUT2D eigenvalue weighted by Gasteiger charge is 2.40. The molecule has 1 aliphatic heterocycles. The first kappa shape index (κ1) is 13.3. The number of urea groups is 1. The van der Waals surface area contributed by atoms with Crippen LogP contribution in [0, 0.1) is 5.82 Å². The average Bonchev–Trinajstić information content (AvgIpc) is 2.35. The Hall–Kier alpha value is -2.11. The van der Waals surface area contributed by atoms with Crippen LogP contribution in [-0.2, 0) is 4.79 Å². The number of anilines is 1. The summed E-state index contributed by atoms with van der Waals surface area (Å²) >= 11 is 0. The third-order valence-electron chi connectivity index (χ3n) is 3.21. The zero-order valence-corrected chi connectivity index (χ0v) is 10.9. The van der Waals surface area contributed by atoms with Crippen molar-refractivity contribution in [3.05, 3.63) is 30.1 Å². The zero-order chi connectivity index (χ0) is 14.0. The van der Waals surface area contributed by atoms with E-state index in [2.05, 4.69) is 10.6 Å². The van der Waals surface area contributed by atoms with Crippen LogP contribution in [0.5, 0.6) is 0 Å². The molecule has 2 rings (SSSR count). The Bertz CT molecular complexity index is 516. The number of halogens is 1. The first-order chi connectivity index (χ1) is 8.93. The van der Waals surface area contributed by atoms with Gasteiger partial charge in [-0.2, -0.15) is 0 Å². The minimum Gasteiger partial charge on any atom is -0.352 e.